The Morgan fingerprint density at radius 1 is 0.586 bits per heavy atom. The zero-order chi connectivity index (χ0) is 19.5. The van der Waals surface area contributed by atoms with E-state index in [9.17, 15) is 0 Å². The van der Waals surface area contributed by atoms with Gasteiger partial charge in [0.1, 0.15) is 5.65 Å². The standard InChI is InChI=1S/C27H20N2/c1-3-7-21(8-4-1)11-12-22-17-18-29-20-26(28-27(29)19-22)25-15-13-24(14-16-25)23-9-5-2-6-10-23/h1-20H. The lowest BCUT2D eigenvalue weighted by atomic mass is 10.0. The Morgan fingerprint density at radius 3 is 1.97 bits per heavy atom. The van der Waals surface area contributed by atoms with Gasteiger partial charge in [-0.2, -0.15) is 0 Å². The van der Waals surface area contributed by atoms with Crippen molar-refractivity contribution in [3.63, 3.8) is 0 Å². The molecule has 0 bridgehead atoms. The molecule has 2 nitrogen and oxygen atoms in total. The van der Waals surface area contributed by atoms with Crippen LogP contribution in [-0.2, 0) is 0 Å². The van der Waals surface area contributed by atoms with Gasteiger partial charge in [0.15, 0.2) is 0 Å². The van der Waals surface area contributed by atoms with E-state index >= 15 is 0 Å². The zero-order valence-electron chi connectivity index (χ0n) is 15.9. The lowest BCUT2D eigenvalue weighted by Gasteiger charge is -2.02. The third kappa shape index (κ3) is 3.74. The number of hydrogen-bond acceptors (Lipinski definition) is 1. The Kier molecular flexibility index (Phi) is 4.51. The quantitative estimate of drug-likeness (QED) is 0.338. The van der Waals surface area contributed by atoms with Crippen molar-refractivity contribution in [3.05, 3.63) is 121 Å². The molecule has 0 amide bonds. The van der Waals surface area contributed by atoms with Gasteiger partial charge in [-0.3, -0.25) is 0 Å². The second-order valence-electron chi connectivity index (χ2n) is 7.04. The minimum absolute atomic E-state index is 0.947. The van der Waals surface area contributed by atoms with Crippen molar-refractivity contribution >= 4 is 17.8 Å². The third-order valence-corrected chi connectivity index (χ3v) is 5.04. The largest absolute Gasteiger partial charge is 0.306 e. The van der Waals surface area contributed by atoms with E-state index in [0.717, 1.165) is 22.5 Å². The molecule has 5 rings (SSSR count). The highest BCUT2D eigenvalue weighted by molar-refractivity contribution is 5.73. The first-order chi connectivity index (χ1) is 14.3. The Hall–Kier alpha value is -3.91. The highest BCUT2D eigenvalue weighted by Crippen LogP contribution is 2.25. The number of fused-ring (bicyclic) bond motifs is 1. The van der Waals surface area contributed by atoms with Crippen molar-refractivity contribution in [2.24, 2.45) is 0 Å². The highest BCUT2D eigenvalue weighted by Gasteiger charge is 2.05. The average molecular weight is 372 g/mol. The molecule has 3 aromatic carbocycles. The van der Waals surface area contributed by atoms with E-state index in [0.29, 0.717) is 0 Å². The van der Waals surface area contributed by atoms with Gasteiger partial charge in [-0.15, -0.1) is 0 Å². The lowest BCUT2D eigenvalue weighted by Crippen LogP contribution is -1.82. The summed E-state index contributed by atoms with van der Waals surface area (Å²) >= 11 is 0. The predicted octanol–water partition coefficient (Wildman–Crippen LogP) is 6.84. The Morgan fingerprint density at radius 2 is 1.21 bits per heavy atom. The fourth-order valence-corrected chi connectivity index (χ4v) is 3.46. The van der Waals surface area contributed by atoms with Gasteiger partial charge in [-0.1, -0.05) is 97.1 Å². The molecule has 0 saturated heterocycles. The smallest absolute Gasteiger partial charge is 0.138 e. The molecule has 0 unspecified atom stereocenters. The van der Waals surface area contributed by atoms with Crippen molar-refractivity contribution in [1.82, 2.24) is 9.38 Å². The van der Waals surface area contributed by atoms with Gasteiger partial charge >= 0.3 is 0 Å². The Labute approximate surface area is 170 Å². The molecule has 0 saturated carbocycles. The fourth-order valence-electron chi connectivity index (χ4n) is 3.46. The molecule has 138 valence electrons. The summed E-state index contributed by atoms with van der Waals surface area (Å²) in [5, 5.41) is 0. The van der Waals surface area contributed by atoms with Gasteiger partial charge in [0.25, 0.3) is 0 Å². The molecule has 2 heterocycles. The molecular formula is C27H20N2. The summed E-state index contributed by atoms with van der Waals surface area (Å²) in [5.74, 6) is 0. The van der Waals surface area contributed by atoms with Crippen LogP contribution in [0.15, 0.2) is 109 Å². The second-order valence-corrected chi connectivity index (χ2v) is 7.04. The maximum atomic E-state index is 4.83. The summed E-state index contributed by atoms with van der Waals surface area (Å²) in [6.45, 7) is 0. The topological polar surface area (TPSA) is 17.3 Å². The van der Waals surface area contributed by atoms with Crippen molar-refractivity contribution in [2.75, 3.05) is 0 Å². The highest BCUT2D eigenvalue weighted by atomic mass is 15.0. The molecule has 0 spiro atoms. The Bertz CT molecular complexity index is 1260. The maximum Gasteiger partial charge on any atom is 0.138 e. The molecule has 29 heavy (non-hydrogen) atoms. The molecule has 0 aliphatic rings. The molecule has 2 aromatic heterocycles. The molecule has 0 aliphatic heterocycles. The number of pyridine rings is 1. The fraction of sp³-hybridized carbons (Fsp3) is 0. The van der Waals surface area contributed by atoms with E-state index in [1.165, 1.54) is 16.7 Å². The third-order valence-electron chi connectivity index (χ3n) is 5.04. The normalized spacial score (nSPS) is 11.3. The first kappa shape index (κ1) is 17.2. The van der Waals surface area contributed by atoms with Crippen LogP contribution in [0.3, 0.4) is 0 Å². The first-order valence-corrected chi connectivity index (χ1v) is 9.73. The molecule has 0 N–H and O–H groups in total. The van der Waals surface area contributed by atoms with Gasteiger partial charge in [0, 0.05) is 18.0 Å². The minimum atomic E-state index is 0.947. The predicted molar refractivity (Wildman–Crippen MR) is 121 cm³/mol. The molecular weight excluding hydrogens is 352 g/mol. The van der Waals surface area contributed by atoms with E-state index < -0.39 is 0 Å². The maximum absolute atomic E-state index is 4.83. The number of aromatic nitrogens is 2. The molecule has 0 atom stereocenters. The SMILES string of the molecule is C(=Cc1ccn2cc(-c3ccc(-c4ccccc4)cc3)nc2c1)c1ccccc1. The van der Waals surface area contributed by atoms with E-state index in [1.807, 2.05) is 24.3 Å². The molecule has 5 aromatic rings. The van der Waals surface area contributed by atoms with Crippen molar-refractivity contribution in [1.29, 1.82) is 0 Å². The van der Waals surface area contributed by atoms with Crippen LogP contribution < -0.4 is 0 Å². The summed E-state index contributed by atoms with van der Waals surface area (Å²) in [6, 6.07) is 33.6. The zero-order valence-corrected chi connectivity index (χ0v) is 15.9. The van der Waals surface area contributed by atoms with Gasteiger partial charge in [0.2, 0.25) is 0 Å². The van der Waals surface area contributed by atoms with Crippen LogP contribution in [0.25, 0.3) is 40.2 Å². The molecule has 2 heteroatoms. The first-order valence-electron chi connectivity index (χ1n) is 9.73. The van der Waals surface area contributed by atoms with Crippen LogP contribution in [0.1, 0.15) is 11.1 Å². The summed E-state index contributed by atoms with van der Waals surface area (Å²) in [7, 11) is 0. The van der Waals surface area contributed by atoms with Crippen molar-refractivity contribution in [3.8, 4) is 22.4 Å². The lowest BCUT2D eigenvalue weighted by molar-refractivity contribution is 1.18. The van der Waals surface area contributed by atoms with Gasteiger partial charge in [-0.05, 0) is 34.4 Å². The average Bonchev–Trinajstić information content (AvgIpc) is 3.23. The molecule has 0 aliphatic carbocycles. The number of hydrogen-bond donors (Lipinski definition) is 0. The summed E-state index contributed by atoms with van der Waals surface area (Å²) < 4.78 is 2.07. The van der Waals surface area contributed by atoms with Gasteiger partial charge < -0.3 is 4.40 Å². The summed E-state index contributed by atoms with van der Waals surface area (Å²) in [4.78, 5) is 4.83. The van der Waals surface area contributed by atoms with Crippen LogP contribution in [0, 0.1) is 0 Å². The minimum Gasteiger partial charge on any atom is -0.306 e. The summed E-state index contributed by atoms with van der Waals surface area (Å²) in [6.07, 6.45) is 8.39. The second kappa shape index (κ2) is 7.61. The van der Waals surface area contributed by atoms with Crippen LogP contribution >= 0.6 is 0 Å². The van der Waals surface area contributed by atoms with Gasteiger partial charge in [-0.25, -0.2) is 4.98 Å². The summed E-state index contributed by atoms with van der Waals surface area (Å²) in [5.41, 5.74) is 7.81. The number of benzene rings is 3. The van der Waals surface area contributed by atoms with Crippen molar-refractivity contribution in [2.45, 2.75) is 0 Å². The van der Waals surface area contributed by atoms with E-state index in [2.05, 4.69) is 102 Å². The van der Waals surface area contributed by atoms with E-state index in [4.69, 9.17) is 4.98 Å². The molecule has 0 fully saturated rings. The number of nitrogens with zero attached hydrogens (tertiary/aromatic N) is 2. The Balaban J connectivity index is 1.42. The van der Waals surface area contributed by atoms with Crippen LogP contribution in [0.5, 0.6) is 0 Å². The van der Waals surface area contributed by atoms with Crippen molar-refractivity contribution < 1.29 is 0 Å². The van der Waals surface area contributed by atoms with E-state index in [-0.39, 0.29) is 0 Å². The van der Waals surface area contributed by atoms with Crippen LogP contribution in [0.4, 0.5) is 0 Å². The molecule has 0 radical (unpaired) electrons. The van der Waals surface area contributed by atoms with Crippen LogP contribution in [0.2, 0.25) is 0 Å². The van der Waals surface area contributed by atoms with Crippen LogP contribution in [-0.4, -0.2) is 9.38 Å². The van der Waals surface area contributed by atoms with Gasteiger partial charge in [0.05, 0.1) is 5.69 Å². The monoisotopic (exact) mass is 372 g/mol. The number of imidazole rings is 1. The van der Waals surface area contributed by atoms with E-state index in [1.54, 1.807) is 0 Å². The number of rotatable bonds is 4.